The molecule has 0 aliphatic carbocycles. The summed E-state index contributed by atoms with van der Waals surface area (Å²) in [6, 6.07) is 7.03. The summed E-state index contributed by atoms with van der Waals surface area (Å²) in [5.74, 6) is -0.536. The lowest BCUT2D eigenvalue weighted by atomic mass is 10.0. The first-order valence-electron chi connectivity index (χ1n) is 8.19. The van der Waals surface area contributed by atoms with Crippen LogP contribution in [0.25, 0.3) is 21.3 Å². The molecule has 0 spiro atoms. The maximum Gasteiger partial charge on any atom is 0.326 e. The van der Waals surface area contributed by atoms with Crippen LogP contribution >= 0.6 is 11.3 Å². The molecule has 1 atom stereocenters. The van der Waals surface area contributed by atoms with E-state index in [0.717, 1.165) is 21.6 Å². The topological polar surface area (TPSA) is 72.2 Å². The molecule has 5 nitrogen and oxygen atoms in total. The van der Waals surface area contributed by atoms with Crippen LogP contribution in [0.15, 0.2) is 29.1 Å². The fourth-order valence-corrected chi connectivity index (χ4v) is 4.10. The van der Waals surface area contributed by atoms with Crippen molar-refractivity contribution in [2.24, 2.45) is 0 Å². The molecule has 25 heavy (non-hydrogen) atoms. The second-order valence-electron chi connectivity index (χ2n) is 6.15. The van der Waals surface area contributed by atoms with Crippen molar-refractivity contribution in [3.05, 3.63) is 50.9 Å². The van der Waals surface area contributed by atoms with Crippen molar-refractivity contribution in [1.29, 1.82) is 0 Å². The van der Waals surface area contributed by atoms with E-state index >= 15 is 0 Å². The Balaban J connectivity index is 2.39. The number of rotatable bonds is 4. The first kappa shape index (κ1) is 17.4. The fourth-order valence-electron chi connectivity index (χ4n) is 3.04. The van der Waals surface area contributed by atoms with E-state index in [1.807, 2.05) is 45.0 Å². The number of hydrogen-bond donors (Lipinski definition) is 1. The van der Waals surface area contributed by atoms with Gasteiger partial charge in [0.15, 0.2) is 0 Å². The molecule has 3 aromatic rings. The van der Waals surface area contributed by atoms with Crippen LogP contribution in [-0.2, 0) is 11.2 Å². The maximum absolute atomic E-state index is 13.2. The monoisotopic (exact) mass is 356 g/mol. The smallest absolute Gasteiger partial charge is 0.326 e. The molecule has 6 heteroatoms. The van der Waals surface area contributed by atoms with Crippen LogP contribution in [0.2, 0.25) is 0 Å². The number of hydrogen-bond acceptors (Lipinski definition) is 4. The average Bonchev–Trinajstić information content (AvgIpc) is 2.91. The number of aromatic nitrogens is 2. The number of thiophene rings is 1. The SMILES string of the molecule is CCc1nc2sc(C)c(-c3ccc(C)cc3)c2c(=O)n1C(C)C(=O)O. The lowest BCUT2D eigenvalue weighted by Crippen LogP contribution is -2.31. The van der Waals surface area contributed by atoms with E-state index in [1.54, 1.807) is 0 Å². The van der Waals surface area contributed by atoms with Crippen molar-refractivity contribution in [2.45, 2.75) is 40.2 Å². The number of carboxylic acid groups (broad SMARTS) is 1. The van der Waals surface area contributed by atoms with Crippen molar-refractivity contribution in [1.82, 2.24) is 9.55 Å². The van der Waals surface area contributed by atoms with Gasteiger partial charge in [0.2, 0.25) is 0 Å². The Hall–Kier alpha value is -2.47. The third-order valence-corrected chi connectivity index (χ3v) is 5.41. The molecule has 0 bridgehead atoms. The lowest BCUT2D eigenvalue weighted by molar-refractivity contribution is -0.140. The predicted octanol–water partition coefficient (Wildman–Crippen LogP) is 3.95. The third kappa shape index (κ3) is 2.87. The fraction of sp³-hybridized carbons (Fsp3) is 0.316. The van der Waals surface area contributed by atoms with Crippen LogP contribution < -0.4 is 5.56 Å². The van der Waals surface area contributed by atoms with Crippen LogP contribution in [0.3, 0.4) is 0 Å². The van der Waals surface area contributed by atoms with Crippen molar-refractivity contribution < 1.29 is 9.90 Å². The highest BCUT2D eigenvalue weighted by atomic mass is 32.1. The summed E-state index contributed by atoms with van der Waals surface area (Å²) in [6.07, 6.45) is 0.500. The Labute approximate surface area is 149 Å². The minimum Gasteiger partial charge on any atom is -0.480 e. The third-order valence-electron chi connectivity index (χ3n) is 4.41. The number of carboxylic acids is 1. The Morgan fingerprint density at radius 1 is 1.28 bits per heavy atom. The summed E-state index contributed by atoms with van der Waals surface area (Å²) < 4.78 is 1.31. The standard InChI is InChI=1S/C19H20N2O3S/c1-5-14-20-17-16(18(22)21(14)11(3)19(23)24)15(12(4)25-17)13-8-6-10(2)7-9-13/h6-9,11H,5H2,1-4H3,(H,23,24). The minimum absolute atomic E-state index is 0.281. The summed E-state index contributed by atoms with van der Waals surface area (Å²) in [7, 11) is 0. The van der Waals surface area contributed by atoms with E-state index in [1.165, 1.54) is 22.8 Å². The minimum atomic E-state index is -1.04. The van der Waals surface area contributed by atoms with E-state index < -0.39 is 12.0 Å². The van der Waals surface area contributed by atoms with Gasteiger partial charge in [-0.1, -0.05) is 36.8 Å². The highest BCUT2D eigenvalue weighted by molar-refractivity contribution is 7.19. The van der Waals surface area contributed by atoms with Gasteiger partial charge < -0.3 is 5.11 Å². The molecule has 0 saturated carbocycles. The van der Waals surface area contributed by atoms with Gasteiger partial charge in [-0.2, -0.15) is 0 Å². The van der Waals surface area contributed by atoms with Gasteiger partial charge in [-0.15, -0.1) is 11.3 Å². The molecule has 0 fully saturated rings. The van der Waals surface area contributed by atoms with Crippen molar-refractivity contribution in [2.75, 3.05) is 0 Å². The molecule has 0 aliphatic heterocycles. The number of benzene rings is 1. The van der Waals surface area contributed by atoms with Gasteiger partial charge in [-0.05, 0) is 26.3 Å². The van der Waals surface area contributed by atoms with Gasteiger partial charge in [-0.25, -0.2) is 9.78 Å². The quantitative estimate of drug-likeness (QED) is 0.768. The average molecular weight is 356 g/mol. The summed E-state index contributed by atoms with van der Waals surface area (Å²) in [5, 5.41) is 9.90. The zero-order chi connectivity index (χ0) is 18.3. The Kier molecular flexibility index (Phi) is 4.47. The normalized spacial score (nSPS) is 12.5. The van der Waals surface area contributed by atoms with Crippen molar-refractivity contribution in [3.8, 4) is 11.1 Å². The number of aliphatic carboxylic acids is 1. The van der Waals surface area contributed by atoms with Gasteiger partial charge in [-0.3, -0.25) is 9.36 Å². The second kappa shape index (κ2) is 6.44. The molecule has 1 unspecified atom stereocenters. The molecule has 1 aromatic carbocycles. The van der Waals surface area contributed by atoms with E-state index in [9.17, 15) is 14.7 Å². The van der Waals surface area contributed by atoms with Crippen LogP contribution in [0.5, 0.6) is 0 Å². The van der Waals surface area contributed by atoms with Gasteiger partial charge in [0.25, 0.3) is 5.56 Å². The molecule has 2 aromatic heterocycles. The zero-order valence-electron chi connectivity index (χ0n) is 14.7. The number of nitrogens with zero attached hydrogens (tertiary/aromatic N) is 2. The van der Waals surface area contributed by atoms with E-state index in [0.29, 0.717) is 22.5 Å². The van der Waals surface area contributed by atoms with E-state index in [2.05, 4.69) is 4.98 Å². The van der Waals surface area contributed by atoms with Crippen molar-refractivity contribution in [3.63, 3.8) is 0 Å². The first-order chi connectivity index (χ1) is 11.8. The van der Waals surface area contributed by atoms with Crippen LogP contribution in [0.4, 0.5) is 0 Å². The summed E-state index contributed by atoms with van der Waals surface area (Å²) in [5.41, 5.74) is 2.67. The van der Waals surface area contributed by atoms with Gasteiger partial charge >= 0.3 is 5.97 Å². The summed E-state index contributed by atoms with van der Waals surface area (Å²) >= 11 is 1.48. The van der Waals surface area contributed by atoms with Crippen LogP contribution in [0, 0.1) is 13.8 Å². The lowest BCUT2D eigenvalue weighted by Gasteiger charge is -2.15. The van der Waals surface area contributed by atoms with E-state index in [-0.39, 0.29) is 5.56 Å². The van der Waals surface area contributed by atoms with Crippen molar-refractivity contribution >= 4 is 27.5 Å². The molecular weight excluding hydrogens is 336 g/mol. The molecule has 0 saturated heterocycles. The number of aryl methyl sites for hydroxylation is 3. The number of carbonyl (C=O) groups is 1. The number of fused-ring (bicyclic) bond motifs is 1. The Morgan fingerprint density at radius 2 is 1.92 bits per heavy atom. The van der Waals surface area contributed by atoms with E-state index in [4.69, 9.17) is 0 Å². The highest BCUT2D eigenvalue weighted by Crippen LogP contribution is 2.36. The Morgan fingerprint density at radius 3 is 2.48 bits per heavy atom. The molecule has 2 heterocycles. The molecule has 3 rings (SSSR count). The molecule has 0 radical (unpaired) electrons. The second-order valence-corrected chi connectivity index (χ2v) is 7.35. The predicted molar refractivity (Wildman–Crippen MR) is 101 cm³/mol. The van der Waals surface area contributed by atoms with Crippen LogP contribution in [0.1, 0.15) is 36.2 Å². The van der Waals surface area contributed by atoms with Gasteiger partial charge in [0, 0.05) is 16.9 Å². The largest absolute Gasteiger partial charge is 0.480 e. The molecule has 130 valence electrons. The molecular formula is C19H20N2O3S. The highest BCUT2D eigenvalue weighted by Gasteiger charge is 2.24. The summed E-state index contributed by atoms with van der Waals surface area (Å²) in [4.78, 5) is 30.9. The van der Waals surface area contributed by atoms with Crippen LogP contribution in [-0.4, -0.2) is 20.6 Å². The van der Waals surface area contributed by atoms with Gasteiger partial charge in [0.1, 0.15) is 16.7 Å². The summed E-state index contributed by atoms with van der Waals surface area (Å²) in [6.45, 7) is 7.37. The van der Waals surface area contributed by atoms with Gasteiger partial charge in [0.05, 0.1) is 5.39 Å². The first-order valence-corrected chi connectivity index (χ1v) is 9.01. The molecule has 0 aliphatic rings. The molecule has 0 amide bonds. The molecule has 1 N–H and O–H groups in total. The maximum atomic E-state index is 13.2. The Bertz CT molecular complexity index is 1020. The zero-order valence-corrected chi connectivity index (χ0v) is 15.5.